The molecule has 2 rings (SSSR count). The van der Waals surface area contributed by atoms with Crippen LogP contribution < -0.4 is 25.8 Å². The van der Waals surface area contributed by atoms with Gasteiger partial charge in [0.15, 0.2) is 11.5 Å². The second-order valence-electron chi connectivity index (χ2n) is 5.25. The zero-order valence-electron chi connectivity index (χ0n) is 14.0. The molecule has 0 bridgehead atoms. The second-order valence-corrected chi connectivity index (χ2v) is 5.25. The van der Waals surface area contributed by atoms with Crippen LogP contribution in [-0.2, 0) is 19.6 Å². The summed E-state index contributed by atoms with van der Waals surface area (Å²) in [6, 6.07) is 13.1. The van der Waals surface area contributed by atoms with Gasteiger partial charge < -0.3 is 25.8 Å². The molecule has 0 heterocycles. The molecule has 6 nitrogen and oxygen atoms in total. The molecule has 0 aliphatic carbocycles. The zero-order valence-corrected chi connectivity index (χ0v) is 14.0. The number of nitrogens with one attached hydrogen (secondary N) is 2. The van der Waals surface area contributed by atoms with Gasteiger partial charge in [-0.1, -0.05) is 30.3 Å². The normalized spacial score (nSPS) is 10.1. The summed E-state index contributed by atoms with van der Waals surface area (Å²) in [6.07, 6.45) is 0. The fourth-order valence-electron chi connectivity index (χ4n) is 2.21. The Morgan fingerprint density at radius 1 is 0.875 bits per heavy atom. The van der Waals surface area contributed by atoms with Crippen LogP contribution in [0.25, 0.3) is 0 Å². The van der Waals surface area contributed by atoms with Gasteiger partial charge >= 0.3 is 6.03 Å². The highest BCUT2D eigenvalue weighted by Gasteiger charge is 2.06. The van der Waals surface area contributed by atoms with Gasteiger partial charge in [0.2, 0.25) is 0 Å². The molecule has 24 heavy (non-hydrogen) atoms. The lowest BCUT2D eigenvalue weighted by Gasteiger charge is -2.11. The Hall–Kier alpha value is -2.73. The van der Waals surface area contributed by atoms with Gasteiger partial charge in [0, 0.05) is 19.6 Å². The molecule has 0 atom stereocenters. The number of hydrogen-bond acceptors (Lipinski definition) is 4. The van der Waals surface area contributed by atoms with E-state index in [9.17, 15) is 4.79 Å². The maximum Gasteiger partial charge on any atom is 0.315 e. The summed E-state index contributed by atoms with van der Waals surface area (Å²) in [7, 11) is 3.17. The second kappa shape index (κ2) is 8.79. The van der Waals surface area contributed by atoms with Gasteiger partial charge in [-0.05, 0) is 28.8 Å². The monoisotopic (exact) mass is 329 g/mol. The lowest BCUT2D eigenvalue weighted by molar-refractivity contribution is 0.240. The topological polar surface area (TPSA) is 85.6 Å². The molecule has 0 aliphatic heterocycles. The van der Waals surface area contributed by atoms with Gasteiger partial charge in [-0.2, -0.15) is 0 Å². The minimum atomic E-state index is -0.229. The molecule has 4 N–H and O–H groups in total. The van der Waals surface area contributed by atoms with Crippen LogP contribution in [0, 0.1) is 0 Å². The predicted octanol–water partition coefficient (Wildman–Crippen LogP) is 2.16. The Morgan fingerprint density at radius 3 is 2.00 bits per heavy atom. The Labute approximate surface area is 142 Å². The molecule has 0 spiro atoms. The van der Waals surface area contributed by atoms with Crippen molar-refractivity contribution in [1.29, 1.82) is 0 Å². The molecule has 6 heteroatoms. The first-order valence-electron chi connectivity index (χ1n) is 7.66. The Balaban J connectivity index is 1.82. The van der Waals surface area contributed by atoms with Gasteiger partial charge in [-0.3, -0.25) is 0 Å². The summed E-state index contributed by atoms with van der Waals surface area (Å²) in [5.74, 6) is 1.30. The van der Waals surface area contributed by atoms with Crippen LogP contribution in [0.1, 0.15) is 16.7 Å². The number of carbonyl (C=O) groups is 1. The van der Waals surface area contributed by atoms with E-state index >= 15 is 0 Å². The van der Waals surface area contributed by atoms with Crippen molar-refractivity contribution in [1.82, 2.24) is 10.6 Å². The Morgan fingerprint density at radius 2 is 1.42 bits per heavy atom. The van der Waals surface area contributed by atoms with Crippen LogP contribution in [0.2, 0.25) is 0 Å². The first-order chi connectivity index (χ1) is 11.7. The lowest BCUT2D eigenvalue weighted by Crippen LogP contribution is -2.34. The van der Waals surface area contributed by atoms with E-state index in [-0.39, 0.29) is 6.03 Å². The van der Waals surface area contributed by atoms with Crippen LogP contribution in [0.5, 0.6) is 11.5 Å². The molecule has 0 fully saturated rings. The molecule has 2 aromatic rings. The van der Waals surface area contributed by atoms with E-state index in [1.807, 2.05) is 42.5 Å². The van der Waals surface area contributed by atoms with E-state index in [0.29, 0.717) is 31.1 Å². The van der Waals surface area contributed by atoms with Gasteiger partial charge in [-0.25, -0.2) is 4.79 Å². The van der Waals surface area contributed by atoms with E-state index in [4.69, 9.17) is 15.2 Å². The van der Waals surface area contributed by atoms with Crippen molar-refractivity contribution in [2.24, 2.45) is 5.73 Å². The maximum atomic E-state index is 11.9. The number of methoxy groups -OCH3 is 2. The summed E-state index contributed by atoms with van der Waals surface area (Å²) in [5, 5.41) is 5.63. The predicted molar refractivity (Wildman–Crippen MR) is 93.0 cm³/mol. The third-order valence-corrected chi connectivity index (χ3v) is 3.61. The van der Waals surface area contributed by atoms with E-state index in [1.165, 1.54) is 0 Å². The molecule has 128 valence electrons. The fourth-order valence-corrected chi connectivity index (χ4v) is 2.21. The molecule has 0 saturated carbocycles. The number of nitrogens with two attached hydrogens (primary N) is 1. The minimum absolute atomic E-state index is 0.229. The molecule has 2 amide bonds. The molecule has 0 aliphatic rings. The highest BCUT2D eigenvalue weighted by molar-refractivity contribution is 5.73. The molecule has 0 saturated heterocycles. The number of benzene rings is 2. The number of urea groups is 1. The summed E-state index contributed by atoms with van der Waals surface area (Å²) in [4.78, 5) is 11.9. The van der Waals surface area contributed by atoms with E-state index in [0.717, 1.165) is 16.7 Å². The quantitative estimate of drug-likeness (QED) is 0.727. The molecule has 2 aromatic carbocycles. The summed E-state index contributed by atoms with van der Waals surface area (Å²) >= 11 is 0. The average Bonchev–Trinajstić information content (AvgIpc) is 2.64. The number of hydrogen-bond donors (Lipinski definition) is 3. The first kappa shape index (κ1) is 17.6. The van der Waals surface area contributed by atoms with Crippen molar-refractivity contribution in [2.45, 2.75) is 19.6 Å². The van der Waals surface area contributed by atoms with Crippen molar-refractivity contribution in [3.63, 3.8) is 0 Å². The van der Waals surface area contributed by atoms with Crippen molar-refractivity contribution in [3.05, 3.63) is 59.2 Å². The van der Waals surface area contributed by atoms with Crippen LogP contribution in [0.3, 0.4) is 0 Å². The molecular formula is C18H23N3O3. The fraction of sp³-hybridized carbons (Fsp3) is 0.278. The van der Waals surface area contributed by atoms with Gasteiger partial charge in [0.1, 0.15) is 0 Å². The molecule has 0 aromatic heterocycles. The number of rotatable bonds is 7. The number of amides is 2. The Kier molecular flexibility index (Phi) is 6.45. The summed E-state index contributed by atoms with van der Waals surface area (Å²) in [6.45, 7) is 1.38. The summed E-state index contributed by atoms with van der Waals surface area (Å²) in [5.41, 5.74) is 8.57. The molecular weight excluding hydrogens is 306 g/mol. The third kappa shape index (κ3) is 4.89. The number of ether oxygens (including phenoxy) is 2. The maximum absolute atomic E-state index is 11.9. The van der Waals surface area contributed by atoms with Crippen LogP contribution in [-0.4, -0.2) is 20.3 Å². The SMILES string of the molecule is COc1ccc(CNC(=O)NCc2ccc(CN)cc2)cc1OC. The molecule has 0 unspecified atom stereocenters. The van der Waals surface area contributed by atoms with Crippen LogP contribution >= 0.6 is 0 Å². The van der Waals surface area contributed by atoms with Crippen molar-refractivity contribution in [2.75, 3.05) is 14.2 Å². The van der Waals surface area contributed by atoms with Gasteiger partial charge in [-0.15, -0.1) is 0 Å². The average molecular weight is 329 g/mol. The van der Waals surface area contributed by atoms with Gasteiger partial charge in [0.05, 0.1) is 14.2 Å². The van der Waals surface area contributed by atoms with Crippen LogP contribution in [0.4, 0.5) is 4.79 Å². The highest BCUT2D eigenvalue weighted by Crippen LogP contribution is 2.27. The first-order valence-corrected chi connectivity index (χ1v) is 7.66. The zero-order chi connectivity index (χ0) is 17.4. The largest absolute Gasteiger partial charge is 0.493 e. The van der Waals surface area contributed by atoms with E-state index in [1.54, 1.807) is 14.2 Å². The Bertz CT molecular complexity index is 672. The van der Waals surface area contributed by atoms with Crippen molar-refractivity contribution < 1.29 is 14.3 Å². The van der Waals surface area contributed by atoms with Crippen molar-refractivity contribution >= 4 is 6.03 Å². The van der Waals surface area contributed by atoms with Crippen LogP contribution in [0.15, 0.2) is 42.5 Å². The highest BCUT2D eigenvalue weighted by atomic mass is 16.5. The minimum Gasteiger partial charge on any atom is -0.493 e. The summed E-state index contributed by atoms with van der Waals surface area (Å²) < 4.78 is 10.4. The van der Waals surface area contributed by atoms with Crippen molar-refractivity contribution in [3.8, 4) is 11.5 Å². The number of carbonyl (C=O) groups excluding carboxylic acids is 1. The van der Waals surface area contributed by atoms with E-state index in [2.05, 4.69) is 10.6 Å². The van der Waals surface area contributed by atoms with E-state index < -0.39 is 0 Å². The lowest BCUT2D eigenvalue weighted by atomic mass is 10.1. The standard InChI is InChI=1S/C18H23N3O3/c1-23-16-8-7-15(9-17(16)24-2)12-21-18(22)20-11-14-5-3-13(10-19)4-6-14/h3-9H,10-12,19H2,1-2H3,(H2,20,21,22). The molecule has 0 radical (unpaired) electrons. The smallest absolute Gasteiger partial charge is 0.315 e. The van der Waals surface area contributed by atoms with Gasteiger partial charge in [0.25, 0.3) is 0 Å². The third-order valence-electron chi connectivity index (χ3n) is 3.61.